The molecule has 0 spiro atoms. The summed E-state index contributed by atoms with van der Waals surface area (Å²) in [6.45, 7) is 0. The zero-order valence-corrected chi connectivity index (χ0v) is 6.59. The quantitative estimate of drug-likeness (QED) is 0.707. The number of alkyl halides is 3. The second kappa shape index (κ2) is 2.75. The molecule has 1 aromatic heterocycles. The fourth-order valence-electron chi connectivity index (χ4n) is 0.937. The lowest BCUT2D eigenvalue weighted by Crippen LogP contribution is -2.20. The molecule has 4 nitrogen and oxygen atoms in total. The zero-order chi connectivity index (χ0) is 10.2. The minimum Gasteiger partial charge on any atom is -0.364 e. The van der Waals surface area contributed by atoms with E-state index in [1.54, 1.807) is 0 Å². The van der Waals surface area contributed by atoms with Crippen LogP contribution in [0.3, 0.4) is 0 Å². The van der Waals surface area contributed by atoms with E-state index >= 15 is 0 Å². The van der Waals surface area contributed by atoms with Gasteiger partial charge < -0.3 is 5.73 Å². The molecule has 0 unspecified atom stereocenters. The van der Waals surface area contributed by atoms with Crippen LogP contribution in [0.25, 0.3) is 0 Å². The molecule has 7 heteroatoms. The number of amides is 1. The van der Waals surface area contributed by atoms with Crippen molar-refractivity contribution in [2.24, 2.45) is 12.8 Å². The number of nitrogens with zero attached hydrogens (tertiary/aromatic N) is 2. The number of carbonyl (C=O) groups is 1. The van der Waals surface area contributed by atoms with Crippen LogP contribution < -0.4 is 5.73 Å². The van der Waals surface area contributed by atoms with Gasteiger partial charge in [0.1, 0.15) is 11.3 Å². The van der Waals surface area contributed by atoms with Gasteiger partial charge in [-0.2, -0.15) is 18.3 Å². The summed E-state index contributed by atoms with van der Waals surface area (Å²) in [4.78, 5) is 10.6. The third-order valence-corrected chi connectivity index (χ3v) is 1.48. The van der Waals surface area contributed by atoms with Gasteiger partial charge in [0.15, 0.2) is 0 Å². The molecule has 0 saturated carbocycles. The largest absolute Gasteiger partial charge is 0.420 e. The van der Waals surface area contributed by atoms with Crippen molar-refractivity contribution in [3.05, 3.63) is 17.5 Å². The second-order valence-corrected chi connectivity index (χ2v) is 2.39. The van der Waals surface area contributed by atoms with Crippen molar-refractivity contribution in [1.82, 2.24) is 9.78 Å². The Labute approximate surface area is 71.1 Å². The second-order valence-electron chi connectivity index (χ2n) is 2.39. The van der Waals surface area contributed by atoms with E-state index in [1.165, 1.54) is 7.05 Å². The van der Waals surface area contributed by atoms with E-state index < -0.39 is 23.3 Å². The minimum absolute atomic E-state index is 0.570. The number of hydrogen-bond donors (Lipinski definition) is 1. The molecule has 0 radical (unpaired) electrons. The molecule has 1 rings (SSSR count). The van der Waals surface area contributed by atoms with Crippen LogP contribution in [0.2, 0.25) is 0 Å². The molecule has 0 saturated heterocycles. The van der Waals surface area contributed by atoms with Crippen molar-refractivity contribution in [3.8, 4) is 0 Å². The molecule has 0 aliphatic heterocycles. The van der Waals surface area contributed by atoms with Gasteiger partial charge in [-0.15, -0.1) is 0 Å². The Morgan fingerprint density at radius 2 is 2.15 bits per heavy atom. The van der Waals surface area contributed by atoms with Gasteiger partial charge in [-0.25, -0.2) is 0 Å². The maximum atomic E-state index is 12.2. The highest BCUT2D eigenvalue weighted by Gasteiger charge is 2.37. The van der Waals surface area contributed by atoms with Crippen molar-refractivity contribution in [2.75, 3.05) is 0 Å². The Kier molecular flexibility index (Phi) is 2.02. The molecule has 0 fully saturated rings. The molecule has 0 aliphatic carbocycles. The normalized spacial score (nSPS) is 11.7. The first-order valence-electron chi connectivity index (χ1n) is 3.23. The summed E-state index contributed by atoms with van der Waals surface area (Å²) in [7, 11) is 1.22. The molecule has 1 aromatic rings. The molecule has 72 valence electrons. The molecule has 0 atom stereocenters. The molecule has 2 N–H and O–H groups in total. The van der Waals surface area contributed by atoms with E-state index in [1.807, 2.05) is 0 Å². The van der Waals surface area contributed by atoms with Gasteiger partial charge in [-0.3, -0.25) is 9.48 Å². The Bertz CT molecular complexity index is 341. The van der Waals surface area contributed by atoms with Gasteiger partial charge in [-0.05, 0) is 0 Å². The van der Waals surface area contributed by atoms with Crippen LogP contribution in [-0.4, -0.2) is 15.7 Å². The lowest BCUT2D eigenvalue weighted by Gasteiger charge is -2.05. The van der Waals surface area contributed by atoms with Crippen LogP contribution in [0.5, 0.6) is 0 Å². The fraction of sp³-hybridized carbons (Fsp3) is 0.333. The third-order valence-electron chi connectivity index (χ3n) is 1.48. The van der Waals surface area contributed by atoms with Crippen LogP contribution in [-0.2, 0) is 13.2 Å². The molecule has 13 heavy (non-hydrogen) atoms. The van der Waals surface area contributed by atoms with Crippen LogP contribution in [0, 0.1) is 0 Å². The molecule has 1 amide bonds. The number of hydrogen-bond acceptors (Lipinski definition) is 2. The summed E-state index contributed by atoms with van der Waals surface area (Å²) in [5, 5.41) is 3.30. The minimum atomic E-state index is -4.60. The molecular formula is C6H6F3N3O. The Morgan fingerprint density at radius 1 is 1.62 bits per heavy atom. The highest BCUT2D eigenvalue weighted by atomic mass is 19.4. The topological polar surface area (TPSA) is 60.9 Å². The molecule has 0 aliphatic rings. The molecular weight excluding hydrogens is 187 g/mol. The summed E-state index contributed by atoms with van der Waals surface area (Å²) in [6, 6.07) is 0. The lowest BCUT2D eigenvalue weighted by atomic mass is 10.2. The number of nitrogens with two attached hydrogens (primary N) is 1. The Morgan fingerprint density at radius 3 is 2.46 bits per heavy atom. The van der Waals surface area contributed by atoms with Gasteiger partial charge in [0.25, 0.3) is 5.91 Å². The van der Waals surface area contributed by atoms with Crippen LogP contribution in [0.4, 0.5) is 13.2 Å². The van der Waals surface area contributed by atoms with Crippen molar-refractivity contribution in [3.63, 3.8) is 0 Å². The van der Waals surface area contributed by atoms with Gasteiger partial charge in [0.05, 0.1) is 6.20 Å². The summed E-state index contributed by atoms with van der Waals surface area (Å²) in [6.07, 6.45) is -4.03. The average Bonchev–Trinajstić information content (AvgIpc) is 2.28. The number of halogens is 3. The number of rotatable bonds is 1. The fourth-order valence-corrected chi connectivity index (χ4v) is 0.937. The van der Waals surface area contributed by atoms with Gasteiger partial charge >= 0.3 is 6.18 Å². The highest BCUT2D eigenvalue weighted by Crippen LogP contribution is 2.31. The highest BCUT2D eigenvalue weighted by molar-refractivity contribution is 5.92. The Balaban J connectivity index is 3.31. The van der Waals surface area contributed by atoms with E-state index in [0.29, 0.717) is 6.20 Å². The van der Waals surface area contributed by atoms with Crippen molar-refractivity contribution in [1.29, 1.82) is 0 Å². The number of aromatic nitrogens is 2. The first-order valence-corrected chi connectivity index (χ1v) is 3.23. The summed E-state index contributed by atoms with van der Waals surface area (Å²) < 4.78 is 37.3. The van der Waals surface area contributed by atoms with Crippen LogP contribution in [0.1, 0.15) is 16.1 Å². The summed E-state index contributed by atoms with van der Waals surface area (Å²) in [5.74, 6) is -1.15. The van der Waals surface area contributed by atoms with E-state index in [4.69, 9.17) is 5.73 Å². The first kappa shape index (κ1) is 9.56. The zero-order valence-electron chi connectivity index (χ0n) is 6.59. The average molecular weight is 193 g/mol. The monoisotopic (exact) mass is 193 g/mol. The van der Waals surface area contributed by atoms with E-state index in [-0.39, 0.29) is 0 Å². The molecule has 1 heterocycles. The smallest absolute Gasteiger partial charge is 0.364 e. The molecule has 0 bridgehead atoms. The predicted molar refractivity (Wildman–Crippen MR) is 36.7 cm³/mol. The van der Waals surface area contributed by atoms with Gasteiger partial charge in [0.2, 0.25) is 0 Å². The third kappa shape index (κ3) is 1.63. The lowest BCUT2D eigenvalue weighted by molar-refractivity contribution is -0.138. The van der Waals surface area contributed by atoms with Crippen LogP contribution >= 0.6 is 0 Å². The van der Waals surface area contributed by atoms with Gasteiger partial charge in [0, 0.05) is 7.05 Å². The number of primary amides is 1. The maximum absolute atomic E-state index is 12.2. The van der Waals surface area contributed by atoms with Crippen LogP contribution in [0.15, 0.2) is 6.20 Å². The molecule has 0 aromatic carbocycles. The predicted octanol–water partition coefficient (Wildman–Crippen LogP) is 0.538. The summed E-state index contributed by atoms with van der Waals surface area (Å²) in [5.41, 5.74) is 3.02. The first-order chi connectivity index (χ1) is 5.84. The van der Waals surface area contributed by atoms with Crippen molar-refractivity contribution in [2.45, 2.75) is 6.18 Å². The Hall–Kier alpha value is -1.53. The maximum Gasteiger partial charge on any atom is 0.420 e. The number of aryl methyl sites for hydroxylation is 1. The summed E-state index contributed by atoms with van der Waals surface area (Å²) >= 11 is 0. The SMILES string of the molecule is Cn1ncc(C(F)(F)F)c1C(N)=O. The van der Waals surface area contributed by atoms with Crippen molar-refractivity contribution >= 4 is 5.91 Å². The van der Waals surface area contributed by atoms with E-state index in [9.17, 15) is 18.0 Å². The number of carbonyl (C=O) groups excluding carboxylic acids is 1. The van der Waals surface area contributed by atoms with Gasteiger partial charge in [-0.1, -0.05) is 0 Å². The van der Waals surface area contributed by atoms with E-state index in [0.717, 1.165) is 4.68 Å². The standard InChI is InChI=1S/C6H6F3N3O/c1-12-4(5(10)13)3(2-11-12)6(7,8)9/h2H,1H3,(H2,10,13). The van der Waals surface area contributed by atoms with E-state index in [2.05, 4.69) is 5.10 Å². The van der Waals surface area contributed by atoms with Crippen molar-refractivity contribution < 1.29 is 18.0 Å².